The van der Waals surface area contributed by atoms with Gasteiger partial charge in [-0.15, -0.1) is 0 Å². The van der Waals surface area contributed by atoms with Crippen molar-refractivity contribution in [2.24, 2.45) is 4.99 Å². The Morgan fingerprint density at radius 2 is 1.78 bits per heavy atom. The predicted octanol–water partition coefficient (Wildman–Crippen LogP) is 4.72. The van der Waals surface area contributed by atoms with Crippen LogP contribution in [0.3, 0.4) is 0 Å². The molecule has 5 heteroatoms. The molecule has 0 aromatic heterocycles. The fourth-order valence-electron chi connectivity index (χ4n) is 2.47. The molecule has 0 atom stereocenters. The zero-order valence-corrected chi connectivity index (χ0v) is 14.8. The van der Waals surface area contributed by atoms with Crippen LogP contribution in [0.4, 0.5) is 5.69 Å². The van der Waals surface area contributed by atoms with Crippen LogP contribution in [-0.4, -0.2) is 24.4 Å². The van der Waals surface area contributed by atoms with Gasteiger partial charge in [0.25, 0.3) is 0 Å². The Morgan fingerprint density at radius 3 is 2.44 bits per heavy atom. The first-order chi connectivity index (χ1) is 13.2. The van der Waals surface area contributed by atoms with E-state index in [1.165, 1.54) is 0 Å². The zero-order valence-electron chi connectivity index (χ0n) is 14.8. The Hall–Kier alpha value is -3.60. The lowest BCUT2D eigenvalue weighted by Gasteiger charge is -2.10. The van der Waals surface area contributed by atoms with Crippen molar-refractivity contribution in [1.29, 1.82) is 0 Å². The van der Waals surface area contributed by atoms with Crippen LogP contribution in [0.2, 0.25) is 0 Å². The average Bonchev–Trinajstić information content (AvgIpc) is 2.72. The van der Waals surface area contributed by atoms with Crippen LogP contribution in [-0.2, 0) is 6.61 Å². The molecule has 0 aliphatic rings. The highest BCUT2D eigenvalue weighted by atomic mass is 16.5. The van der Waals surface area contributed by atoms with Crippen LogP contribution in [0.15, 0.2) is 77.8 Å². The van der Waals surface area contributed by atoms with Gasteiger partial charge in [-0.2, -0.15) is 0 Å². The van der Waals surface area contributed by atoms with Gasteiger partial charge >= 0.3 is 5.97 Å². The van der Waals surface area contributed by atoms with Crippen LogP contribution in [0.5, 0.6) is 11.5 Å². The summed E-state index contributed by atoms with van der Waals surface area (Å²) in [4.78, 5) is 16.0. The third-order valence-electron chi connectivity index (χ3n) is 3.91. The van der Waals surface area contributed by atoms with Crippen molar-refractivity contribution in [3.05, 3.63) is 89.5 Å². The Morgan fingerprint density at radius 1 is 1.04 bits per heavy atom. The molecule has 0 saturated heterocycles. The molecule has 0 radical (unpaired) electrons. The van der Waals surface area contributed by atoms with Gasteiger partial charge in [0, 0.05) is 6.21 Å². The minimum absolute atomic E-state index is 0.101. The molecule has 0 fully saturated rings. The van der Waals surface area contributed by atoms with E-state index >= 15 is 0 Å². The zero-order chi connectivity index (χ0) is 19.1. The number of hydrogen-bond donors (Lipinski definition) is 1. The summed E-state index contributed by atoms with van der Waals surface area (Å²) in [5.74, 6) is 0.0349. The van der Waals surface area contributed by atoms with Crippen molar-refractivity contribution in [3.63, 3.8) is 0 Å². The van der Waals surface area contributed by atoms with Crippen molar-refractivity contribution in [2.75, 3.05) is 7.11 Å². The monoisotopic (exact) mass is 361 g/mol. The number of rotatable bonds is 7. The minimum atomic E-state index is -1.04. The number of carboxylic acid groups (broad SMARTS) is 1. The van der Waals surface area contributed by atoms with Crippen molar-refractivity contribution < 1.29 is 19.4 Å². The standard InChI is InChI=1S/C22H19NO4/c1-26-19-10-8-18(9-11-19)23-14-17-7-12-21(20(13-17)22(24)25)27-15-16-5-3-2-4-6-16/h2-14H,15H2,1H3,(H,24,25). The molecule has 0 aliphatic carbocycles. The second kappa shape index (κ2) is 8.67. The summed E-state index contributed by atoms with van der Waals surface area (Å²) in [7, 11) is 1.60. The van der Waals surface area contributed by atoms with Crippen molar-refractivity contribution in [1.82, 2.24) is 0 Å². The van der Waals surface area contributed by atoms with Crippen LogP contribution < -0.4 is 9.47 Å². The smallest absolute Gasteiger partial charge is 0.339 e. The van der Waals surface area contributed by atoms with Gasteiger partial charge in [0.2, 0.25) is 0 Å². The molecule has 1 N–H and O–H groups in total. The van der Waals surface area contributed by atoms with Gasteiger partial charge < -0.3 is 14.6 Å². The number of aromatic carboxylic acids is 1. The molecule has 3 rings (SSSR count). The van der Waals surface area contributed by atoms with Gasteiger partial charge in [-0.1, -0.05) is 30.3 Å². The number of carbonyl (C=O) groups is 1. The van der Waals surface area contributed by atoms with Gasteiger partial charge in [0.15, 0.2) is 0 Å². The normalized spacial score (nSPS) is 10.7. The second-order valence-corrected chi connectivity index (χ2v) is 5.79. The molecular formula is C22H19NO4. The average molecular weight is 361 g/mol. The van der Waals surface area contributed by atoms with Crippen LogP contribution >= 0.6 is 0 Å². The summed E-state index contributed by atoms with van der Waals surface area (Å²) >= 11 is 0. The summed E-state index contributed by atoms with van der Waals surface area (Å²) in [6.45, 7) is 0.306. The van der Waals surface area contributed by atoms with E-state index in [0.29, 0.717) is 17.9 Å². The van der Waals surface area contributed by atoms with Gasteiger partial charge in [-0.25, -0.2) is 4.79 Å². The molecule has 0 saturated carbocycles. The number of benzene rings is 3. The van der Waals surface area contributed by atoms with Gasteiger partial charge in [-0.3, -0.25) is 4.99 Å². The van der Waals surface area contributed by atoms with E-state index in [2.05, 4.69) is 4.99 Å². The maximum absolute atomic E-state index is 11.6. The fourth-order valence-corrected chi connectivity index (χ4v) is 2.47. The molecular weight excluding hydrogens is 342 g/mol. The van der Waals surface area contributed by atoms with E-state index < -0.39 is 5.97 Å². The van der Waals surface area contributed by atoms with E-state index in [1.54, 1.807) is 31.5 Å². The second-order valence-electron chi connectivity index (χ2n) is 5.79. The molecule has 3 aromatic carbocycles. The quantitative estimate of drug-likeness (QED) is 0.618. The maximum Gasteiger partial charge on any atom is 0.339 e. The largest absolute Gasteiger partial charge is 0.497 e. The molecule has 0 bridgehead atoms. The SMILES string of the molecule is COc1ccc(N=Cc2ccc(OCc3ccccc3)c(C(=O)O)c2)cc1. The lowest BCUT2D eigenvalue weighted by Crippen LogP contribution is -2.04. The summed E-state index contributed by atoms with van der Waals surface area (Å²) in [6.07, 6.45) is 1.62. The minimum Gasteiger partial charge on any atom is -0.497 e. The number of methoxy groups -OCH3 is 1. The molecule has 136 valence electrons. The van der Waals surface area contributed by atoms with E-state index in [4.69, 9.17) is 9.47 Å². The molecule has 0 amide bonds. The maximum atomic E-state index is 11.6. The number of ether oxygens (including phenoxy) is 2. The van der Waals surface area contributed by atoms with Crippen LogP contribution in [0.1, 0.15) is 21.5 Å². The number of aliphatic imine (C=N–C) groups is 1. The fraction of sp³-hybridized carbons (Fsp3) is 0.0909. The molecule has 0 spiro atoms. The molecule has 3 aromatic rings. The van der Waals surface area contributed by atoms with E-state index in [1.807, 2.05) is 54.6 Å². The molecule has 27 heavy (non-hydrogen) atoms. The lowest BCUT2D eigenvalue weighted by atomic mass is 10.1. The molecule has 0 unspecified atom stereocenters. The van der Waals surface area contributed by atoms with Crippen molar-refractivity contribution >= 4 is 17.9 Å². The highest BCUT2D eigenvalue weighted by molar-refractivity contribution is 5.94. The van der Waals surface area contributed by atoms with E-state index in [9.17, 15) is 9.90 Å². The Bertz CT molecular complexity index is 934. The van der Waals surface area contributed by atoms with Crippen molar-refractivity contribution in [2.45, 2.75) is 6.61 Å². The summed E-state index contributed by atoms with van der Waals surface area (Å²) in [5.41, 5.74) is 2.50. The third-order valence-corrected chi connectivity index (χ3v) is 3.91. The van der Waals surface area contributed by atoms with Crippen LogP contribution in [0.25, 0.3) is 0 Å². The molecule has 0 heterocycles. The highest BCUT2D eigenvalue weighted by Gasteiger charge is 2.12. The summed E-state index contributed by atoms with van der Waals surface area (Å²) < 4.78 is 10.8. The Labute approximate surface area is 157 Å². The number of hydrogen-bond acceptors (Lipinski definition) is 4. The van der Waals surface area contributed by atoms with Crippen LogP contribution in [0, 0.1) is 0 Å². The number of nitrogens with zero attached hydrogens (tertiary/aromatic N) is 1. The molecule has 0 aliphatic heterocycles. The van der Waals surface area contributed by atoms with E-state index in [-0.39, 0.29) is 5.56 Å². The topological polar surface area (TPSA) is 68.1 Å². The first-order valence-electron chi connectivity index (χ1n) is 8.38. The first-order valence-corrected chi connectivity index (χ1v) is 8.38. The highest BCUT2D eigenvalue weighted by Crippen LogP contribution is 2.22. The lowest BCUT2D eigenvalue weighted by molar-refractivity contribution is 0.0691. The van der Waals surface area contributed by atoms with Gasteiger partial charge in [-0.05, 0) is 53.6 Å². The molecule has 5 nitrogen and oxygen atoms in total. The summed E-state index contributed by atoms with van der Waals surface area (Å²) in [5, 5.41) is 9.49. The van der Waals surface area contributed by atoms with Gasteiger partial charge in [0.05, 0.1) is 12.8 Å². The predicted molar refractivity (Wildman–Crippen MR) is 104 cm³/mol. The Kier molecular flexibility index (Phi) is 5.84. The Balaban J connectivity index is 1.76. The number of carboxylic acids is 1. The summed E-state index contributed by atoms with van der Waals surface area (Å²) in [6, 6.07) is 21.9. The van der Waals surface area contributed by atoms with Crippen molar-refractivity contribution in [3.8, 4) is 11.5 Å². The van der Waals surface area contributed by atoms with Gasteiger partial charge in [0.1, 0.15) is 23.7 Å². The van der Waals surface area contributed by atoms with E-state index in [0.717, 1.165) is 17.0 Å². The first kappa shape index (κ1) is 18.2. The third kappa shape index (κ3) is 4.95.